The molecule has 1 rings (SSSR count). The number of carboxylic acids is 1. The van der Waals surface area contributed by atoms with Crippen molar-refractivity contribution >= 4 is 28.6 Å². The normalized spacial score (nSPS) is 10.1. The number of carbonyl (C=O) groups is 1. The molecule has 0 saturated heterocycles. The molecule has 0 saturated carbocycles. The third-order valence-electron chi connectivity index (χ3n) is 1.46. The molecule has 0 bridgehead atoms. The zero-order valence-corrected chi connectivity index (χ0v) is 8.29. The molecule has 0 aliphatic rings. The van der Waals surface area contributed by atoms with Gasteiger partial charge < -0.3 is 5.11 Å². The Bertz CT molecular complexity index is 306. The van der Waals surface area contributed by atoms with E-state index < -0.39 is 5.97 Å². The van der Waals surface area contributed by atoms with Crippen molar-refractivity contribution in [2.75, 3.05) is 0 Å². The van der Waals surface area contributed by atoms with Crippen LogP contribution < -0.4 is 0 Å². The maximum atomic E-state index is 10.5. The van der Waals surface area contributed by atoms with E-state index in [4.69, 9.17) is 5.11 Å². The third-order valence-corrected chi connectivity index (χ3v) is 2.76. The van der Waals surface area contributed by atoms with Crippen LogP contribution in [-0.4, -0.2) is 20.9 Å². The lowest BCUT2D eigenvalue weighted by molar-refractivity contribution is 0.0688. The number of hydrogen-bond donors (Lipinski definition) is 1. The molecule has 0 amide bonds. The van der Waals surface area contributed by atoms with Gasteiger partial charge in [-0.05, 0) is 29.5 Å². The molecule has 0 fully saturated rings. The summed E-state index contributed by atoms with van der Waals surface area (Å²) in [6.45, 7) is 1.83. The minimum Gasteiger partial charge on any atom is -0.476 e. The summed E-state index contributed by atoms with van der Waals surface area (Å²) in [5.74, 6) is -0.974. The lowest BCUT2D eigenvalue weighted by Gasteiger charge is -1.89. The first kappa shape index (κ1) is 8.51. The van der Waals surface area contributed by atoms with Gasteiger partial charge in [0.15, 0.2) is 5.69 Å². The highest BCUT2D eigenvalue weighted by Crippen LogP contribution is 2.14. The zero-order chi connectivity index (χ0) is 8.59. The quantitative estimate of drug-likeness (QED) is 0.772. The van der Waals surface area contributed by atoms with Crippen LogP contribution in [0, 0.1) is 10.5 Å². The first-order valence-electron chi connectivity index (χ1n) is 2.96. The summed E-state index contributed by atoms with van der Waals surface area (Å²) < 4.78 is 2.27. The SMILES string of the molecule is Cc1c(I)c(C(=O)O)nn1C. The highest BCUT2D eigenvalue weighted by atomic mass is 127. The maximum Gasteiger partial charge on any atom is 0.357 e. The fourth-order valence-corrected chi connectivity index (χ4v) is 1.41. The smallest absolute Gasteiger partial charge is 0.357 e. The van der Waals surface area contributed by atoms with Crippen molar-refractivity contribution < 1.29 is 9.90 Å². The predicted molar refractivity (Wildman–Crippen MR) is 47.6 cm³/mol. The molecule has 1 heterocycles. The summed E-state index contributed by atoms with van der Waals surface area (Å²) in [6, 6.07) is 0. The number of hydrogen-bond acceptors (Lipinski definition) is 2. The van der Waals surface area contributed by atoms with E-state index in [0.29, 0.717) is 3.57 Å². The van der Waals surface area contributed by atoms with Crippen molar-refractivity contribution in [2.45, 2.75) is 6.92 Å². The molecule has 1 aromatic heterocycles. The van der Waals surface area contributed by atoms with Gasteiger partial charge in [0.2, 0.25) is 0 Å². The lowest BCUT2D eigenvalue weighted by atomic mass is 10.4. The van der Waals surface area contributed by atoms with Crippen molar-refractivity contribution in [1.29, 1.82) is 0 Å². The third kappa shape index (κ3) is 1.37. The van der Waals surface area contributed by atoms with Gasteiger partial charge in [-0.15, -0.1) is 0 Å². The van der Waals surface area contributed by atoms with Crippen LogP contribution in [0.3, 0.4) is 0 Å². The van der Waals surface area contributed by atoms with E-state index in [1.54, 1.807) is 11.7 Å². The Labute approximate surface area is 77.4 Å². The molecule has 0 aromatic carbocycles. The van der Waals surface area contributed by atoms with Crippen molar-refractivity contribution in [3.8, 4) is 0 Å². The Hall–Kier alpha value is -0.590. The van der Waals surface area contributed by atoms with Crippen molar-refractivity contribution in [1.82, 2.24) is 9.78 Å². The predicted octanol–water partition coefficient (Wildman–Crippen LogP) is 1.03. The van der Waals surface area contributed by atoms with E-state index >= 15 is 0 Å². The van der Waals surface area contributed by atoms with Crippen LogP contribution in [0.2, 0.25) is 0 Å². The summed E-state index contributed by atoms with van der Waals surface area (Å²) in [5.41, 5.74) is 1.01. The molecule has 1 N–H and O–H groups in total. The molecule has 0 atom stereocenters. The topological polar surface area (TPSA) is 55.1 Å². The van der Waals surface area contributed by atoms with Gasteiger partial charge >= 0.3 is 5.97 Å². The Balaban J connectivity index is 3.29. The number of halogens is 1. The Morgan fingerprint density at radius 1 is 1.73 bits per heavy atom. The largest absolute Gasteiger partial charge is 0.476 e. The van der Waals surface area contributed by atoms with Crippen molar-refractivity contribution in [3.63, 3.8) is 0 Å². The number of aromatic nitrogens is 2. The van der Waals surface area contributed by atoms with Gasteiger partial charge in [-0.3, -0.25) is 4.68 Å². The molecule has 0 spiro atoms. The van der Waals surface area contributed by atoms with Gasteiger partial charge in [0.05, 0.1) is 3.57 Å². The maximum absolute atomic E-state index is 10.5. The van der Waals surface area contributed by atoms with E-state index in [0.717, 1.165) is 5.69 Å². The molecule has 5 heteroatoms. The number of aryl methyl sites for hydroxylation is 1. The molecule has 0 aliphatic carbocycles. The lowest BCUT2D eigenvalue weighted by Crippen LogP contribution is -2.00. The van der Waals surface area contributed by atoms with Crippen LogP contribution in [-0.2, 0) is 7.05 Å². The minimum atomic E-state index is -0.974. The van der Waals surface area contributed by atoms with E-state index in [1.807, 2.05) is 29.5 Å². The van der Waals surface area contributed by atoms with Crippen LogP contribution in [0.15, 0.2) is 0 Å². The fraction of sp³-hybridized carbons (Fsp3) is 0.333. The van der Waals surface area contributed by atoms with E-state index in [-0.39, 0.29) is 5.69 Å². The second-order valence-corrected chi connectivity index (χ2v) is 3.26. The van der Waals surface area contributed by atoms with Gasteiger partial charge in [0.25, 0.3) is 0 Å². The Morgan fingerprint density at radius 3 is 2.45 bits per heavy atom. The average Bonchev–Trinajstić information content (AvgIpc) is 2.17. The van der Waals surface area contributed by atoms with Crippen LogP contribution >= 0.6 is 22.6 Å². The molecule has 0 aliphatic heterocycles. The molecule has 0 unspecified atom stereocenters. The van der Waals surface area contributed by atoms with Crippen molar-refractivity contribution in [3.05, 3.63) is 15.0 Å². The summed E-state index contributed by atoms with van der Waals surface area (Å²) in [7, 11) is 1.73. The fourth-order valence-electron chi connectivity index (χ4n) is 0.719. The van der Waals surface area contributed by atoms with Crippen LogP contribution in [0.5, 0.6) is 0 Å². The molecule has 60 valence electrons. The van der Waals surface area contributed by atoms with Gasteiger partial charge in [-0.1, -0.05) is 0 Å². The first-order valence-corrected chi connectivity index (χ1v) is 4.04. The van der Waals surface area contributed by atoms with E-state index in [2.05, 4.69) is 5.10 Å². The van der Waals surface area contributed by atoms with Crippen LogP contribution in [0.4, 0.5) is 0 Å². The number of carboxylic acid groups (broad SMARTS) is 1. The summed E-state index contributed by atoms with van der Waals surface area (Å²) >= 11 is 1.98. The highest BCUT2D eigenvalue weighted by Gasteiger charge is 2.15. The molecule has 0 radical (unpaired) electrons. The second kappa shape index (κ2) is 2.80. The summed E-state index contributed by atoms with van der Waals surface area (Å²) in [6.07, 6.45) is 0. The monoisotopic (exact) mass is 266 g/mol. The van der Waals surface area contributed by atoms with Gasteiger partial charge in [0, 0.05) is 12.7 Å². The van der Waals surface area contributed by atoms with Gasteiger partial charge in [0.1, 0.15) is 0 Å². The number of aromatic carboxylic acids is 1. The highest BCUT2D eigenvalue weighted by molar-refractivity contribution is 14.1. The average molecular weight is 266 g/mol. The summed E-state index contributed by atoms with van der Waals surface area (Å²) in [4.78, 5) is 10.5. The van der Waals surface area contributed by atoms with Crippen LogP contribution in [0.1, 0.15) is 16.2 Å². The zero-order valence-electron chi connectivity index (χ0n) is 6.13. The van der Waals surface area contributed by atoms with E-state index in [1.165, 1.54) is 0 Å². The molecular formula is C6H7IN2O2. The first-order chi connectivity index (χ1) is 5.04. The van der Waals surface area contributed by atoms with E-state index in [9.17, 15) is 4.79 Å². The Morgan fingerprint density at radius 2 is 2.27 bits per heavy atom. The minimum absolute atomic E-state index is 0.130. The summed E-state index contributed by atoms with van der Waals surface area (Å²) in [5, 5.41) is 12.4. The molecule has 4 nitrogen and oxygen atoms in total. The number of nitrogens with zero attached hydrogens (tertiary/aromatic N) is 2. The second-order valence-electron chi connectivity index (χ2n) is 2.18. The van der Waals surface area contributed by atoms with Crippen LogP contribution in [0.25, 0.3) is 0 Å². The number of rotatable bonds is 1. The standard InChI is InChI=1S/C6H7IN2O2/c1-3-4(7)5(6(10)11)8-9(3)2/h1-2H3,(H,10,11). The van der Waals surface area contributed by atoms with Gasteiger partial charge in [-0.2, -0.15) is 5.10 Å². The Kier molecular flexibility index (Phi) is 2.17. The van der Waals surface area contributed by atoms with Crippen molar-refractivity contribution in [2.24, 2.45) is 7.05 Å². The van der Waals surface area contributed by atoms with Gasteiger partial charge in [-0.25, -0.2) is 4.79 Å². The molecule has 11 heavy (non-hydrogen) atoms. The molecule has 1 aromatic rings. The molecular weight excluding hydrogens is 259 g/mol.